The minimum atomic E-state index is 0.216. The third-order valence-electron chi connectivity index (χ3n) is 3.03. The van der Waals surface area contributed by atoms with Crippen LogP contribution < -0.4 is 5.73 Å². The fourth-order valence-corrected chi connectivity index (χ4v) is 2.99. The molecule has 0 aliphatic carbocycles. The van der Waals surface area contributed by atoms with Crippen molar-refractivity contribution in [2.24, 2.45) is 11.7 Å². The summed E-state index contributed by atoms with van der Waals surface area (Å²) in [6.07, 6.45) is 1.57. The maximum atomic E-state index is 12.0. The zero-order valence-electron chi connectivity index (χ0n) is 10.7. The summed E-state index contributed by atoms with van der Waals surface area (Å²) in [6, 6.07) is 0. The largest absolute Gasteiger partial charge is 0.341 e. The molecule has 1 rings (SSSR count). The summed E-state index contributed by atoms with van der Waals surface area (Å²) >= 11 is 1.96. The average Bonchev–Trinajstić information content (AvgIpc) is 2.23. The van der Waals surface area contributed by atoms with Gasteiger partial charge in [-0.3, -0.25) is 4.79 Å². The molecule has 1 fully saturated rings. The smallest absolute Gasteiger partial charge is 0.222 e. The van der Waals surface area contributed by atoms with Crippen LogP contribution in [0.1, 0.15) is 33.6 Å². The van der Waals surface area contributed by atoms with Gasteiger partial charge in [-0.05, 0) is 32.7 Å². The molecule has 0 saturated carbocycles. The van der Waals surface area contributed by atoms with Gasteiger partial charge in [-0.2, -0.15) is 11.8 Å². The molecule has 1 aliphatic rings. The van der Waals surface area contributed by atoms with Gasteiger partial charge in [-0.15, -0.1) is 0 Å². The fourth-order valence-electron chi connectivity index (χ4n) is 1.88. The Balaban J connectivity index is 2.36. The molecule has 1 aliphatic heterocycles. The number of carbonyl (C=O) groups is 1. The van der Waals surface area contributed by atoms with Crippen molar-refractivity contribution in [1.29, 1.82) is 0 Å². The first kappa shape index (κ1) is 13.8. The fraction of sp³-hybridized carbons (Fsp3) is 0.917. The Morgan fingerprint density at radius 1 is 1.56 bits per heavy atom. The van der Waals surface area contributed by atoms with E-state index in [0.29, 0.717) is 24.8 Å². The lowest BCUT2D eigenvalue weighted by Crippen LogP contribution is -2.46. The summed E-state index contributed by atoms with van der Waals surface area (Å²) in [5, 5.41) is 0. The second kappa shape index (κ2) is 5.92. The van der Waals surface area contributed by atoms with Gasteiger partial charge in [0.05, 0.1) is 0 Å². The summed E-state index contributed by atoms with van der Waals surface area (Å²) in [5.41, 5.74) is 5.55. The Morgan fingerprint density at radius 2 is 2.25 bits per heavy atom. The number of amides is 1. The molecule has 1 heterocycles. The van der Waals surface area contributed by atoms with Gasteiger partial charge in [0.15, 0.2) is 0 Å². The van der Waals surface area contributed by atoms with Crippen molar-refractivity contribution in [3.8, 4) is 0 Å². The van der Waals surface area contributed by atoms with Crippen LogP contribution in [0, 0.1) is 5.92 Å². The third-order valence-corrected chi connectivity index (χ3v) is 4.33. The van der Waals surface area contributed by atoms with E-state index < -0.39 is 0 Å². The van der Waals surface area contributed by atoms with Crippen molar-refractivity contribution >= 4 is 17.7 Å². The summed E-state index contributed by atoms with van der Waals surface area (Å²) < 4.78 is 0.216. The SMILES string of the molecule is CC(CN)CCC(=O)N1CCSC(C)(C)C1. The predicted molar refractivity (Wildman–Crippen MR) is 70.6 cm³/mol. The molecule has 2 N–H and O–H groups in total. The van der Waals surface area contributed by atoms with Gasteiger partial charge in [-0.25, -0.2) is 0 Å². The number of rotatable bonds is 4. The lowest BCUT2D eigenvalue weighted by molar-refractivity contribution is -0.131. The van der Waals surface area contributed by atoms with E-state index in [-0.39, 0.29) is 4.75 Å². The number of carbonyl (C=O) groups excluding carboxylic acids is 1. The Kier molecular flexibility index (Phi) is 5.12. The molecule has 1 amide bonds. The van der Waals surface area contributed by atoms with Crippen molar-refractivity contribution in [3.05, 3.63) is 0 Å². The molecule has 0 spiro atoms. The van der Waals surface area contributed by atoms with E-state index in [1.165, 1.54) is 0 Å². The molecule has 94 valence electrons. The highest BCUT2D eigenvalue weighted by Gasteiger charge is 2.29. The van der Waals surface area contributed by atoms with E-state index in [9.17, 15) is 4.79 Å². The van der Waals surface area contributed by atoms with Crippen LogP contribution in [0.5, 0.6) is 0 Å². The molecule has 0 bridgehead atoms. The van der Waals surface area contributed by atoms with E-state index >= 15 is 0 Å². The number of nitrogens with two attached hydrogens (primary N) is 1. The van der Waals surface area contributed by atoms with Gasteiger partial charge < -0.3 is 10.6 Å². The van der Waals surface area contributed by atoms with Crippen LogP contribution in [0.25, 0.3) is 0 Å². The molecule has 0 aromatic rings. The highest BCUT2D eigenvalue weighted by Crippen LogP contribution is 2.29. The first-order valence-electron chi connectivity index (χ1n) is 6.06. The summed E-state index contributed by atoms with van der Waals surface area (Å²) in [4.78, 5) is 14.0. The molecule has 16 heavy (non-hydrogen) atoms. The van der Waals surface area contributed by atoms with Gasteiger partial charge in [0.25, 0.3) is 0 Å². The predicted octanol–water partition coefficient (Wildman–Crippen LogP) is 1.72. The minimum absolute atomic E-state index is 0.216. The van der Waals surface area contributed by atoms with E-state index in [1.807, 2.05) is 16.7 Å². The van der Waals surface area contributed by atoms with E-state index in [0.717, 1.165) is 25.3 Å². The Labute approximate surface area is 103 Å². The van der Waals surface area contributed by atoms with Gasteiger partial charge >= 0.3 is 0 Å². The molecule has 1 unspecified atom stereocenters. The van der Waals surface area contributed by atoms with E-state index in [1.54, 1.807) is 0 Å². The number of hydrogen-bond acceptors (Lipinski definition) is 3. The first-order valence-corrected chi connectivity index (χ1v) is 7.05. The summed E-state index contributed by atoms with van der Waals surface area (Å²) in [7, 11) is 0. The van der Waals surface area contributed by atoms with Crippen molar-refractivity contribution in [1.82, 2.24) is 4.90 Å². The van der Waals surface area contributed by atoms with E-state index in [4.69, 9.17) is 5.73 Å². The second-order valence-corrected chi connectivity index (χ2v) is 7.11. The monoisotopic (exact) mass is 244 g/mol. The standard InChI is InChI=1S/C12H24N2OS/c1-10(8-13)4-5-11(15)14-6-7-16-12(2,3)9-14/h10H,4-9,13H2,1-3H3. The first-order chi connectivity index (χ1) is 7.44. The molecule has 0 aromatic carbocycles. The molecular weight excluding hydrogens is 220 g/mol. The number of nitrogens with zero attached hydrogens (tertiary/aromatic N) is 1. The second-order valence-electron chi connectivity index (χ2n) is 5.30. The lowest BCUT2D eigenvalue weighted by atomic mass is 10.1. The molecule has 3 nitrogen and oxygen atoms in total. The van der Waals surface area contributed by atoms with Crippen LogP contribution in [0.2, 0.25) is 0 Å². The van der Waals surface area contributed by atoms with Crippen molar-refractivity contribution in [2.75, 3.05) is 25.4 Å². The molecular formula is C12H24N2OS. The lowest BCUT2D eigenvalue weighted by Gasteiger charge is -2.37. The van der Waals surface area contributed by atoms with Gasteiger partial charge in [0, 0.05) is 30.0 Å². The molecule has 0 aromatic heterocycles. The molecule has 1 atom stereocenters. The number of hydrogen-bond donors (Lipinski definition) is 1. The van der Waals surface area contributed by atoms with Gasteiger partial charge in [-0.1, -0.05) is 6.92 Å². The quantitative estimate of drug-likeness (QED) is 0.819. The summed E-state index contributed by atoms with van der Waals surface area (Å²) in [5.74, 6) is 1.82. The van der Waals surface area contributed by atoms with Crippen LogP contribution in [0.4, 0.5) is 0 Å². The number of thioether (sulfide) groups is 1. The van der Waals surface area contributed by atoms with Crippen LogP contribution >= 0.6 is 11.8 Å². The normalized spacial score (nSPS) is 21.9. The molecule has 0 radical (unpaired) electrons. The average molecular weight is 244 g/mol. The molecule has 4 heteroatoms. The van der Waals surface area contributed by atoms with Crippen molar-refractivity contribution in [3.63, 3.8) is 0 Å². The van der Waals surface area contributed by atoms with Crippen LogP contribution in [0.15, 0.2) is 0 Å². The van der Waals surface area contributed by atoms with Gasteiger partial charge in [0.1, 0.15) is 0 Å². The van der Waals surface area contributed by atoms with E-state index in [2.05, 4.69) is 20.8 Å². The molecule has 1 saturated heterocycles. The Morgan fingerprint density at radius 3 is 2.81 bits per heavy atom. The maximum absolute atomic E-state index is 12.0. The highest BCUT2D eigenvalue weighted by atomic mass is 32.2. The summed E-state index contributed by atoms with van der Waals surface area (Å²) in [6.45, 7) is 8.98. The van der Waals surface area contributed by atoms with Crippen LogP contribution in [-0.2, 0) is 4.79 Å². The van der Waals surface area contributed by atoms with Crippen molar-refractivity contribution < 1.29 is 4.79 Å². The van der Waals surface area contributed by atoms with Gasteiger partial charge in [0.2, 0.25) is 5.91 Å². The van der Waals surface area contributed by atoms with Crippen molar-refractivity contribution in [2.45, 2.75) is 38.4 Å². The topological polar surface area (TPSA) is 46.3 Å². The Bertz CT molecular complexity index is 243. The third kappa shape index (κ3) is 4.34. The maximum Gasteiger partial charge on any atom is 0.222 e. The van der Waals surface area contributed by atoms with Crippen LogP contribution in [-0.4, -0.2) is 40.9 Å². The zero-order valence-corrected chi connectivity index (χ0v) is 11.5. The Hall–Kier alpha value is -0.220. The zero-order chi connectivity index (χ0) is 12.2. The minimum Gasteiger partial charge on any atom is -0.341 e. The highest BCUT2D eigenvalue weighted by molar-refractivity contribution is 8.00. The van der Waals surface area contributed by atoms with Crippen LogP contribution in [0.3, 0.4) is 0 Å².